The van der Waals surface area contributed by atoms with Gasteiger partial charge < -0.3 is 0 Å². The van der Waals surface area contributed by atoms with Crippen LogP contribution in [0, 0.1) is 6.92 Å². The average molecular weight is 294 g/mol. The monoisotopic (exact) mass is 293 g/mol. The van der Waals surface area contributed by atoms with Crippen molar-refractivity contribution in [2.45, 2.75) is 56.1 Å². The third-order valence-electron chi connectivity index (χ3n) is 4.44. The molecule has 1 nitrogen and oxygen atoms in total. The van der Waals surface area contributed by atoms with Crippen LogP contribution in [0.15, 0.2) is 24.3 Å². The van der Waals surface area contributed by atoms with E-state index < -0.39 is 0 Å². The van der Waals surface area contributed by atoms with Gasteiger partial charge in [-0.3, -0.25) is 4.90 Å². The highest BCUT2D eigenvalue weighted by Crippen LogP contribution is 2.39. The smallest absolute Gasteiger partial charge is 0.0242 e. The van der Waals surface area contributed by atoms with Gasteiger partial charge in [-0.05, 0) is 43.7 Å². The van der Waals surface area contributed by atoms with Gasteiger partial charge in [-0.2, -0.15) is 0 Å². The molecule has 17 heavy (non-hydrogen) atoms. The number of hydrogen-bond donors (Lipinski definition) is 0. The lowest BCUT2D eigenvalue weighted by atomic mass is 10.0. The van der Waals surface area contributed by atoms with E-state index in [4.69, 9.17) is 0 Å². The molecular weight excluding hydrogens is 274 g/mol. The van der Waals surface area contributed by atoms with E-state index in [-0.39, 0.29) is 0 Å². The minimum Gasteiger partial charge on any atom is -0.293 e. The number of benzene rings is 1. The number of fused-ring (bicyclic) bond motifs is 2. The maximum Gasteiger partial charge on any atom is 0.0242 e. The molecule has 0 N–H and O–H groups in total. The summed E-state index contributed by atoms with van der Waals surface area (Å²) < 4.78 is 0. The lowest BCUT2D eigenvalue weighted by Gasteiger charge is -2.37. The lowest BCUT2D eigenvalue weighted by molar-refractivity contribution is 0.136. The van der Waals surface area contributed by atoms with E-state index in [0.29, 0.717) is 0 Å². The Bertz CT molecular complexity index is 390. The first-order chi connectivity index (χ1) is 8.24. The molecule has 0 aromatic heterocycles. The molecule has 2 aliphatic rings. The first-order valence-electron chi connectivity index (χ1n) is 6.68. The fourth-order valence-corrected chi connectivity index (χ4v) is 4.31. The molecule has 2 aliphatic heterocycles. The van der Waals surface area contributed by atoms with Crippen LogP contribution in [0.3, 0.4) is 0 Å². The number of hydrogen-bond acceptors (Lipinski definition) is 1. The molecule has 3 rings (SSSR count). The number of halogens is 1. The maximum atomic E-state index is 3.81. The molecule has 92 valence electrons. The highest BCUT2D eigenvalue weighted by molar-refractivity contribution is 9.09. The minimum atomic E-state index is 0.758. The number of rotatable bonds is 2. The van der Waals surface area contributed by atoms with Gasteiger partial charge in [-0.25, -0.2) is 0 Å². The predicted octanol–water partition coefficient (Wildman–Crippen LogP) is 3.89. The molecule has 0 aliphatic carbocycles. The van der Waals surface area contributed by atoms with Gasteiger partial charge in [0.05, 0.1) is 0 Å². The first-order valence-corrected chi connectivity index (χ1v) is 7.60. The number of alkyl halides is 1. The molecule has 2 bridgehead atoms. The van der Waals surface area contributed by atoms with E-state index >= 15 is 0 Å². The molecule has 0 saturated carbocycles. The Morgan fingerprint density at radius 1 is 1.18 bits per heavy atom. The van der Waals surface area contributed by atoms with Crippen LogP contribution >= 0.6 is 15.9 Å². The zero-order chi connectivity index (χ0) is 11.8. The van der Waals surface area contributed by atoms with Crippen LogP contribution in [0.25, 0.3) is 0 Å². The Morgan fingerprint density at radius 3 is 2.47 bits per heavy atom. The van der Waals surface area contributed by atoms with Crippen LogP contribution in [0.5, 0.6) is 0 Å². The van der Waals surface area contributed by atoms with Gasteiger partial charge in [-0.1, -0.05) is 40.2 Å². The maximum absolute atomic E-state index is 3.81. The summed E-state index contributed by atoms with van der Waals surface area (Å²) in [6.45, 7) is 3.39. The quantitative estimate of drug-likeness (QED) is 0.748. The van der Waals surface area contributed by atoms with Crippen molar-refractivity contribution in [3.63, 3.8) is 0 Å². The van der Waals surface area contributed by atoms with Gasteiger partial charge in [0.1, 0.15) is 0 Å². The van der Waals surface area contributed by atoms with E-state index in [1.165, 1.54) is 36.8 Å². The van der Waals surface area contributed by atoms with Crippen molar-refractivity contribution in [2.24, 2.45) is 0 Å². The molecule has 2 atom stereocenters. The second-order valence-electron chi connectivity index (χ2n) is 5.55. The molecule has 0 spiro atoms. The highest BCUT2D eigenvalue weighted by atomic mass is 79.9. The van der Waals surface area contributed by atoms with E-state index in [2.05, 4.69) is 52.0 Å². The largest absolute Gasteiger partial charge is 0.293 e. The normalized spacial score (nSPS) is 32.9. The van der Waals surface area contributed by atoms with Crippen LogP contribution in [0.2, 0.25) is 0 Å². The Labute approximate surface area is 112 Å². The number of piperidine rings is 1. The van der Waals surface area contributed by atoms with Crippen LogP contribution in [-0.2, 0) is 6.54 Å². The van der Waals surface area contributed by atoms with Crippen molar-refractivity contribution in [3.05, 3.63) is 35.4 Å². The summed E-state index contributed by atoms with van der Waals surface area (Å²) in [4.78, 5) is 3.51. The number of nitrogens with zero attached hydrogens (tertiary/aromatic N) is 1. The van der Waals surface area contributed by atoms with Gasteiger partial charge in [0.2, 0.25) is 0 Å². The fraction of sp³-hybridized carbons (Fsp3) is 0.600. The standard InChI is InChI=1S/C15H20BrN/c1-11-4-2-3-5-12(11)10-17-14-6-7-15(17)9-13(16)8-14/h2-5,13-15H,6-10H2,1H3. The highest BCUT2D eigenvalue weighted by Gasteiger charge is 2.39. The van der Waals surface area contributed by atoms with Crippen molar-refractivity contribution in [1.29, 1.82) is 0 Å². The van der Waals surface area contributed by atoms with Crippen molar-refractivity contribution in [1.82, 2.24) is 4.90 Å². The summed E-state index contributed by atoms with van der Waals surface area (Å²) in [6, 6.07) is 10.5. The van der Waals surface area contributed by atoms with Gasteiger partial charge in [-0.15, -0.1) is 0 Å². The van der Waals surface area contributed by atoms with Gasteiger partial charge in [0, 0.05) is 23.5 Å². The molecule has 1 aromatic carbocycles. The van der Waals surface area contributed by atoms with E-state index in [1.807, 2.05) is 0 Å². The minimum absolute atomic E-state index is 0.758. The zero-order valence-electron chi connectivity index (χ0n) is 10.4. The summed E-state index contributed by atoms with van der Waals surface area (Å²) in [6.07, 6.45) is 5.47. The molecule has 2 fully saturated rings. The fourth-order valence-electron chi connectivity index (χ4n) is 3.45. The van der Waals surface area contributed by atoms with E-state index in [0.717, 1.165) is 23.5 Å². The predicted molar refractivity (Wildman–Crippen MR) is 75.5 cm³/mol. The summed E-state index contributed by atoms with van der Waals surface area (Å²) in [7, 11) is 0. The summed E-state index contributed by atoms with van der Waals surface area (Å²) >= 11 is 3.81. The Hall–Kier alpha value is -0.340. The number of aryl methyl sites for hydroxylation is 1. The first kappa shape index (κ1) is 11.7. The van der Waals surface area contributed by atoms with Crippen LogP contribution in [0.1, 0.15) is 36.8 Å². The Balaban J connectivity index is 1.76. The van der Waals surface area contributed by atoms with E-state index in [9.17, 15) is 0 Å². The molecule has 0 radical (unpaired) electrons. The Morgan fingerprint density at radius 2 is 1.82 bits per heavy atom. The molecule has 2 heteroatoms. The molecule has 2 unspecified atom stereocenters. The summed E-state index contributed by atoms with van der Waals surface area (Å²) in [5, 5.41) is 0. The van der Waals surface area contributed by atoms with Crippen LogP contribution < -0.4 is 0 Å². The lowest BCUT2D eigenvalue weighted by Crippen LogP contribution is -2.42. The van der Waals surface area contributed by atoms with Crippen molar-refractivity contribution in [2.75, 3.05) is 0 Å². The molecular formula is C15H20BrN. The van der Waals surface area contributed by atoms with Gasteiger partial charge in [0.25, 0.3) is 0 Å². The van der Waals surface area contributed by atoms with Crippen molar-refractivity contribution < 1.29 is 0 Å². The second-order valence-corrected chi connectivity index (χ2v) is 6.85. The van der Waals surface area contributed by atoms with Crippen LogP contribution in [-0.4, -0.2) is 21.8 Å². The molecule has 1 aromatic rings. The van der Waals surface area contributed by atoms with Crippen molar-refractivity contribution >= 4 is 15.9 Å². The third kappa shape index (κ3) is 2.30. The molecule has 2 heterocycles. The topological polar surface area (TPSA) is 3.24 Å². The Kier molecular flexibility index (Phi) is 3.27. The average Bonchev–Trinajstić information content (AvgIpc) is 2.56. The second kappa shape index (κ2) is 4.74. The SMILES string of the molecule is Cc1ccccc1CN1C2CCC1CC(Br)C2. The molecule has 2 saturated heterocycles. The van der Waals surface area contributed by atoms with E-state index in [1.54, 1.807) is 0 Å². The van der Waals surface area contributed by atoms with Crippen molar-refractivity contribution in [3.8, 4) is 0 Å². The molecule has 0 amide bonds. The van der Waals surface area contributed by atoms with Crippen LogP contribution in [0.4, 0.5) is 0 Å². The summed E-state index contributed by atoms with van der Waals surface area (Å²) in [5.41, 5.74) is 2.95. The third-order valence-corrected chi connectivity index (χ3v) is 5.19. The van der Waals surface area contributed by atoms with Gasteiger partial charge >= 0.3 is 0 Å². The zero-order valence-corrected chi connectivity index (χ0v) is 12.0. The van der Waals surface area contributed by atoms with Gasteiger partial charge in [0.15, 0.2) is 0 Å². The summed E-state index contributed by atoms with van der Waals surface area (Å²) in [5.74, 6) is 0.